The first kappa shape index (κ1) is 16.1. The molecule has 3 aromatic heterocycles. The minimum absolute atomic E-state index is 0.774. The van der Waals surface area contributed by atoms with Gasteiger partial charge in [0, 0.05) is 28.9 Å². The van der Waals surface area contributed by atoms with Gasteiger partial charge >= 0.3 is 0 Å². The Morgan fingerprint density at radius 1 is 1.20 bits per heavy atom. The van der Waals surface area contributed by atoms with Crippen molar-refractivity contribution in [3.05, 3.63) is 54.7 Å². The van der Waals surface area contributed by atoms with Crippen molar-refractivity contribution in [3.63, 3.8) is 0 Å². The van der Waals surface area contributed by atoms with Crippen LogP contribution in [0.2, 0.25) is 0 Å². The summed E-state index contributed by atoms with van der Waals surface area (Å²) in [4.78, 5) is 8.96. The Morgan fingerprint density at radius 2 is 2.12 bits per heavy atom. The molecule has 0 atom stereocenters. The van der Waals surface area contributed by atoms with Gasteiger partial charge < -0.3 is 4.72 Å². The molecule has 1 fully saturated rings. The maximum Gasteiger partial charge on any atom is 0.0735 e. The molecule has 0 aliphatic heterocycles. The van der Waals surface area contributed by atoms with Gasteiger partial charge in [0.1, 0.15) is 0 Å². The fourth-order valence-electron chi connectivity index (χ4n) is 2.56. The topological polar surface area (TPSA) is 55.6 Å². The van der Waals surface area contributed by atoms with Crippen LogP contribution in [0.4, 0.5) is 5.69 Å². The Balaban J connectivity index is 1.49. The number of nitrogens with one attached hydrogen (secondary N) is 1. The third kappa shape index (κ3) is 4.02. The van der Waals surface area contributed by atoms with E-state index in [9.17, 15) is 0 Å². The molecule has 0 spiro atoms. The lowest BCUT2D eigenvalue weighted by atomic mass is 10.2. The summed E-state index contributed by atoms with van der Waals surface area (Å²) < 4.78 is 5.24. The number of aromatic nitrogens is 4. The second-order valence-corrected chi connectivity index (χ2v) is 7.39. The fourth-order valence-corrected chi connectivity index (χ4v) is 3.35. The largest absolute Gasteiger partial charge is 0.328 e. The van der Waals surface area contributed by atoms with E-state index in [0.29, 0.717) is 0 Å². The molecule has 3 aromatic rings. The summed E-state index contributed by atoms with van der Waals surface area (Å²) in [5, 5.41) is 5.26. The number of anilines is 1. The second kappa shape index (κ2) is 7.27. The lowest BCUT2D eigenvalue weighted by molar-refractivity contribution is 0.848. The van der Waals surface area contributed by atoms with Crippen molar-refractivity contribution in [2.75, 3.05) is 4.72 Å². The zero-order valence-electron chi connectivity index (χ0n) is 14.2. The van der Waals surface area contributed by atoms with Crippen molar-refractivity contribution >= 4 is 17.6 Å². The Morgan fingerprint density at radius 3 is 2.88 bits per heavy atom. The first-order valence-corrected chi connectivity index (χ1v) is 9.58. The molecule has 1 aliphatic carbocycles. The summed E-state index contributed by atoms with van der Waals surface area (Å²) >= 11 is 1.79. The van der Waals surface area contributed by atoms with Crippen LogP contribution in [0, 0.1) is 0 Å². The molecule has 128 valence electrons. The number of rotatable bonds is 7. The van der Waals surface area contributed by atoms with Crippen LogP contribution in [-0.2, 0) is 6.42 Å². The molecule has 0 saturated heterocycles. The number of pyridine rings is 2. The second-order valence-electron chi connectivity index (χ2n) is 6.28. The van der Waals surface area contributed by atoms with Gasteiger partial charge in [-0.3, -0.25) is 9.97 Å². The summed E-state index contributed by atoms with van der Waals surface area (Å²) in [6.07, 6.45) is 12.3. The van der Waals surface area contributed by atoms with E-state index in [2.05, 4.69) is 38.8 Å². The quantitative estimate of drug-likeness (QED) is 0.635. The van der Waals surface area contributed by atoms with Gasteiger partial charge in [0.05, 0.1) is 29.5 Å². The van der Waals surface area contributed by atoms with Crippen LogP contribution in [-0.4, -0.2) is 25.0 Å². The zero-order chi connectivity index (χ0) is 17.1. The van der Waals surface area contributed by atoms with Gasteiger partial charge in [0.15, 0.2) is 0 Å². The monoisotopic (exact) mass is 351 g/mol. The smallest absolute Gasteiger partial charge is 0.0735 e. The minimum atomic E-state index is 0.774. The van der Waals surface area contributed by atoms with E-state index in [1.807, 2.05) is 41.6 Å². The molecule has 0 unspecified atom stereocenters. The Bertz CT molecular complexity index is 839. The van der Waals surface area contributed by atoms with Crippen molar-refractivity contribution in [1.82, 2.24) is 19.7 Å². The van der Waals surface area contributed by atoms with E-state index in [1.165, 1.54) is 12.8 Å². The summed E-state index contributed by atoms with van der Waals surface area (Å²) in [6.45, 7) is 2.16. The van der Waals surface area contributed by atoms with Gasteiger partial charge in [-0.25, -0.2) is 4.68 Å². The molecular weight excluding hydrogens is 330 g/mol. The standard InChI is InChI=1S/C19H21N5S/c1-2-3-15-10-17(8-9-20-15)24-13-14(11-22-24)19-7-4-16(12-21-19)23-25-18-5-6-18/h4,7-13,18,23H,2-3,5-6H2,1H3. The first-order valence-electron chi connectivity index (χ1n) is 8.70. The van der Waals surface area contributed by atoms with Gasteiger partial charge in [-0.05, 0) is 55.5 Å². The average molecular weight is 351 g/mol. The molecule has 1 saturated carbocycles. The molecule has 0 amide bonds. The van der Waals surface area contributed by atoms with E-state index in [1.54, 1.807) is 11.9 Å². The Labute approximate surface area is 152 Å². The summed E-state index contributed by atoms with van der Waals surface area (Å²) in [6, 6.07) is 8.17. The van der Waals surface area contributed by atoms with Gasteiger partial charge in [-0.1, -0.05) is 13.3 Å². The van der Waals surface area contributed by atoms with Crippen LogP contribution in [0.1, 0.15) is 31.9 Å². The van der Waals surface area contributed by atoms with Crippen molar-refractivity contribution in [2.45, 2.75) is 37.9 Å². The van der Waals surface area contributed by atoms with Gasteiger partial charge in [-0.15, -0.1) is 0 Å². The number of hydrogen-bond acceptors (Lipinski definition) is 5. The number of aryl methyl sites for hydroxylation is 1. The summed E-state index contributed by atoms with van der Waals surface area (Å²) in [5.41, 5.74) is 5.11. The Kier molecular flexibility index (Phi) is 4.70. The third-order valence-corrected chi connectivity index (χ3v) is 5.24. The van der Waals surface area contributed by atoms with Crippen LogP contribution < -0.4 is 4.72 Å². The molecule has 0 aromatic carbocycles. The predicted molar refractivity (Wildman–Crippen MR) is 103 cm³/mol. The van der Waals surface area contributed by atoms with Crippen molar-refractivity contribution < 1.29 is 0 Å². The van der Waals surface area contributed by atoms with Crippen molar-refractivity contribution in [3.8, 4) is 16.9 Å². The molecule has 6 heteroatoms. The lowest BCUT2D eigenvalue weighted by Crippen LogP contribution is -1.97. The van der Waals surface area contributed by atoms with Crippen LogP contribution in [0.3, 0.4) is 0 Å². The zero-order valence-corrected chi connectivity index (χ0v) is 15.0. The normalized spacial score (nSPS) is 13.8. The highest BCUT2D eigenvalue weighted by Gasteiger charge is 2.22. The SMILES string of the molecule is CCCc1cc(-n2cc(-c3ccc(NSC4CC4)cn3)cn2)ccn1. The van der Waals surface area contributed by atoms with Crippen LogP contribution >= 0.6 is 11.9 Å². The van der Waals surface area contributed by atoms with E-state index in [-0.39, 0.29) is 0 Å². The predicted octanol–water partition coefficient (Wildman–Crippen LogP) is 4.50. The molecule has 4 rings (SSSR count). The highest BCUT2D eigenvalue weighted by molar-refractivity contribution is 8.01. The van der Waals surface area contributed by atoms with Crippen molar-refractivity contribution in [2.24, 2.45) is 0 Å². The maximum absolute atomic E-state index is 4.56. The van der Waals surface area contributed by atoms with Crippen molar-refractivity contribution in [1.29, 1.82) is 0 Å². The van der Waals surface area contributed by atoms with Crippen LogP contribution in [0.25, 0.3) is 16.9 Å². The lowest BCUT2D eigenvalue weighted by Gasteiger charge is -2.05. The molecule has 0 radical (unpaired) electrons. The van der Waals surface area contributed by atoms with E-state index in [0.717, 1.165) is 46.4 Å². The third-order valence-electron chi connectivity index (χ3n) is 4.08. The van der Waals surface area contributed by atoms with Gasteiger partial charge in [-0.2, -0.15) is 5.10 Å². The first-order chi connectivity index (χ1) is 12.3. The van der Waals surface area contributed by atoms with Gasteiger partial charge in [0.2, 0.25) is 0 Å². The highest BCUT2D eigenvalue weighted by atomic mass is 32.2. The number of nitrogens with zero attached hydrogens (tertiary/aromatic N) is 4. The van der Waals surface area contributed by atoms with Crippen LogP contribution in [0.5, 0.6) is 0 Å². The molecular formula is C19H21N5S. The molecule has 3 heterocycles. The minimum Gasteiger partial charge on any atom is -0.328 e. The fraction of sp³-hybridized carbons (Fsp3) is 0.316. The Hall–Kier alpha value is -2.34. The number of hydrogen-bond donors (Lipinski definition) is 1. The van der Waals surface area contributed by atoms with E-state index in [4.69, 9.17) is 0 Å². The summed E-state index contributed by atoms with van der Waals surface area (Å²) in [5.74, 6) is 0. The maximum atomic E-state index is 4.56. The summed E-state index contributed by atoms with van der Waals surface area (Å²) in [7, 11) is 0. The van der Waals surface area contributed by atoms with E-state index >= 15 is 0 Å². The highest BCUT2D eigenvalue weighted by Crippen LogP contribution is 2.34. The molecule has 1 N–H and O–H groups in total. The molecule has 0 bridgehead atoms. The van der Waals surface area contributed by atoms with Crippen LogP contribution in [0.15, 0.2) is 49.1 Å². The van der Waals surface area contributed by atoms with Gasteiger partial charge in [0.25, 0.3) is 0 Å². The van der Waals surface area contributed by atoms with E-state index < -0.39 is 0 Å². The molecule has 25 heavy (non-hydrogen) atoms. The molecule has 1 aliphatic rings. The molecule has 5 nitrogen and oxygen atoms in total. The average Bonchev–Trinajstić information content (AvgIpc) is 3.35.